The molecule has 1 heterocycles. The van der Waals surface area contributed by atoms with Crippen molar-refractivity contribution in [1.82, 2.24) is 10.4 Å². The maximum atomic E-state index is 12.0. The lowest BCUT2D eigenvalue weighted by Crippen LogP contribution is -2.36. The van der Waals surface area contributed by atoms with Crippen molar-refractivity contribution in [1.29, 1.82) is 0 Å². The Bertz CT molecular complexity index is 425. The number of ether oxygens (including phenoxy) is 1. The van der Waals surface area contributed by atoms with E-state index in [1.54, 1.807) is 0 Å². The molecule has 1 aliphatic rings. The minimum atomic E-state index is 0.174. The van der Waals surface area contributed by atoms with E-state index in [1.165, 1.54) is 0 Å². The van der Waals surface area contributed by atoms with Crippen molar-refractivity contribution < 1.29 is 9.53 Å². The van der Waals surface area contributed by atoms with E-state index in [1.807, 2.05) is 43.4 Å². The number of benzene rings is 1. The Morgan fingerprint density at radius 3 is 2.50 bits per heavy atom. The van der Waals surface area contributed by atoms with Gasteiger partial charge in [-0.2, -0.15) is 0 Å². The molecule has 0 atom stereocenters. The van der Waals surface area contributed by atoms with E-state index in [4.69, 9.17) is 4.74 Å². The van der Waals surface area contributed by atoms with Gasteiger partial charge in [0, 0.05) is 51.4 Å². The van der Waals surface area contributed by atoms with Crippen LogP contribution >= 0.6 is 0 Å². The van der Waals surface area contributed by atoms with E-state index in [-0.39, 0.29) is 5.78 Å². The molecular weight excluding hydrogens is 254 g/mol. The molecule has 0 saturated carbocycles. The van der Waals surface area contributed by atoms with Crippen LogP contribution in [-0.4, -0.2) is 57.7 Å². The smallest absolute Gasteiger partial charge is 0.164 e. The Kier molecular flexibility index (Phi) is 5.52. The maximum absolute atomic E-state index is 12.0. The van der Waals surface area contributed by atoms with Crippen LogP contribution < -0.4 is 10.3 Å². The van der Waals surface area contributed by atoms with E-state index in [0.29, 0.717) is 13.0 Å². The van der Waals surface area contributed by atoms with Gasteiger partial charge in [-0.05, 0) is 24.3 Å². The average molecular weight is 277 g/mol. The highest BCUT2D eigenvalue weighted by Gasteiger charge is 2.12. The predicted molar refractivity (Wildman–Crippen MR) is 80.1 cm³/mol. The van der Waals surface area contributed by atoms with Crippen molar-refractivity contribution in [2.24, 2.45) is 0 Å². The summed E-state index contributed by atoms with van der Waals surface area (Å²) in [5.74, 6) is 0.174. The molecular formula is C15H23N3O2. The van der Waals surface area contributed by atoms with Crippen molar-refractivity contribution in [3.63, 3.8) is 0 Å². The van der Waals surface area contributed by atoms with Gasteiger partial charge in [-0.3, -0.25) is 15.2 Å². The van der Waals surface area contributed by atoms with Crippen molar-refractivity contribution >= 4 is 11.5 Å². The molecule has 0 bridgehead atoms. The molecule has 0 unspecified atom stereocenters. The number of hydrazine groups is 1. The van der Waals surface area contributed by atoms with Crippen molar-refractivity contribution in [2.45, 2.75) is 6.42 Å². The number of hydrogen-bond acceptors (Lipinski definition) is 5. The van der Waals surface area contributed by atoms with Gasteiger partial charge in [0.25, 0.3) is 0 Å². The lowest BCUT2D eigenvalue weighted by atomic mass is 10.1. The Labute approximate surface area is 120 Å². The molecule has 1 aliphatic heterocycles. The Balaban J connectivity index is 1.88. The third-order valence-electron chi connectivity index (χ3n) is 3.35. The molecule has 1 aromatic rings. The highest BCUT2D eigenvalue weighted by molar-refractivity contribution is 5.96. The second kappa shape index (κ2) is 7.38. The van der Waals surface area contributed by atoms with E-state index in [0.717, 1.165) is 37.6 Å². The van der Waals surface area contributed by atoms with Gasteiger partial charge in [-0.15, -0.1) is 0 Å². The highest BCUT2D eigenvalue weighted by atomic mass is 16.5. The van der Waals surface area contributed by atoms with Crippen LogP contribution in [0.1, 0.15) is 16.8 Å². The first-order valence-corrected chi connectivity index (χ1v) is 7.03. The lowest BCUT2D eigenvalue weighted by molar-refractivity contribution is 0.0975. The molecule has 1 saturated heterocycles. The Morgan fingerprint density at radius 1 is 1.25 bits per heavy atom. The first kappa shape index (κ1) is 15.0. The standard InChI is InChI=1S/C15H23N3O2/c1-17(2)16-8-7-15(19)13-3-5-14(6-4-13)18-9-11-20-12-10-18/h3-6,16H,7-12H2,1-2H3. The first-order valence-electron chi connectivity index (χ1n) is 7.03. The van der Waals surface area contributed by atoms with Gasteiger partial charge in [-0.25, -0.2) is 0 Å². The number of nitrogens with one attached hydrogen (secondary N) is 1. The van der Waals surface area contributed by atoms with Gasteiger partial charge < -0.3 is 9.64 Å². The van der Waals surface area contributed by atoms with Crippen molar-refractivity contribution in [3.8, 4) is 0 Å². The summed E-state index contributed by atoms with van der Waals surface area (Å²) in [5.41, 5.74) is 5.04. The fraction of sp³-hybridized carbons (Fsp3) is 0.533. The summed E-state index contributed by atoms with van der Waals surface area (Å²) in [6.45, 7) is 4.05. The fourth-order valence-electron chi connectivity index (χ4n) is 2.22. The highest BCUT2D eigenvalue weighted by Crippen LogP contribution is 2.17. The summed E-state index contributed by atoms with van der Waals surface area (Å²) in [6, 6.07) is 7.89. The molecule has 5 nitrogen and oxygen atoms in total. The summed E-state index contributed by atoms with van der Waals surface area (Å²) in [6.07, 6.45) is 0.509. The SMILES string of the molecule is CN(C)NCCC(=O)c1ccc(N2CCOCC2)cc1. The topological polar surface area (TPSA) is 44.8 Å². The molecule has 110 valence electrons. The van der Waals surface area contributed by atoms with Crippen LogP contribution in [0, 0.1) is 0 Å². The zero-order valence-electron chi connectivity index (χ0n) is 12.3. The minimum Gasteiger partial charge on any atom is -0.378 e. The van der Waals surface area contributed by atoms with Crippen LogP contribution in [0.3, 0.4) is 0 Å². The number of rotatable bonds is 6. The van der Waals surface area contributed by atoms with E-state index in [2.05, 4.69) is 10.3 Å². The third kappa shape index (κ3) is 4.30. The maximum Gasteiger partial charge on any atom is 0.164 e. The number of morpholine rings is 1. The minimum absolute atomic E-state index is 0.174. The predicted octanol–water partition coefficient (Wildman–Crippen LogP) is 1.16. The number of anilines is 1. The Hall–Kier alpha value is -1.43. The molecule has 1 N–H and O–H groups in total. The largest absolute Gasteiger partial charge is 0.378 e. The lowest BCUT2D eigenvalue weighted by Gasteiger charge is -2.28. The monoisotopic (exact) mass is 277 g/mol. The molecule has 0 radical (unpaired) electrons. The zero-order chi connectivity index (χ0) is 14.4. The molecule has 0 amide bonds. The molecule has 20 heavy (non-hydrogen) atoms. The summed E-state index contributed by atoms with van der Waals surface area (Å²) < 4.78 is 5.34. The zero-order valence-corrected chi connectivity index (χ0v) is 12.3. The third-order valence-corrected chi connectivity index (χ3v) is 3.35. The van der Waals surface area contributed by atoms with Crippen LogP contribution in [0.15, 0.2) is 24.3 Å². The van der Waals surface area contributed by atoms with Gasteiger partial charge in [-0.1, -0.05) is 0 Å². The molecule has 5 heteroatoms. The molecule has 0 aromatic heterocycles. The quantitative estimate of drug-likeness (QED) is 0.624. The van der Waals surface area contributed by atoms with Gasteiger partial charge in [0.15, 0.2) is 5.78 Å². The second-order valence-electron chi connectivity index (χ2n) is 5.12. The van der Waals surface area contributed by atoms with Gasteiger partial charge in [0.05, 0.1) is 13.2 Å². The van der Waals surface area contributed by atoms with E-state index < -0.39 is 0 Å². The number of nitrogens with zero attached hydrogens (tertiary/aromatic N) is 2. The van der Waals surface area contributed by atoms with E-state index in [9.17, 15) is 4.79 Å². The van der Waals surface area contributed by atoms with Crippen molar-refractivity contribution in [2.75, 3.05) is 51.8 Å². The first-order chi connectivity index (χ1) is 9.66. The van der Waals surface area contributed by atoms with Crippen LogP contribution in [-0.2, 0) is 4.74 Å². The van der Waals surface area contributed by atoms with E-state index >= 15 is 0 Å². The van der Waals surface area contributed by atoms with Crippen LogP contribution in [0.5, 0.6) is 0 Å². The second-order valence-corrected chi connectivity index (χ2v) is 5.12. The van der Waals surface area contributed by atoms with Gasteiger partial charge >= 0.3 is 0 Å². The number of ketones is 1. The normalized spacial score (nSPS) is 15.7. The number of carbonyl (C=O) groups is 1. The molecule has 2 rings (SSSR count). The van der Waals surface area contributed by atoms with Gasteiger partial charge in [0.1, 0.15) is 0 Å². The van der Waals surface area contributed by atoms with Crippen molar-refractivity contribution in [3.05, 3.63) is 29.8 Å². The van der Waals surface area contributed by atoms with Crippen LogP contribution in [0.2, 0.25) is 0 Å². The molecule has 0 spiro atoms. The summed E-state index contributed by atoms with van der Waals surface area (Å²) in [7, 11) is 3.84. The average Bonchev–Trinajstić information content (AvgIpc) is 2.48. The summed E-state index contributed by atoms with van der Waals surface area (Å²) in [4.78, 5) is 14.3. The molecule has 1 fully saturated rings. The number of Topliss-reactive ketones (excluding diaryl/α,β-unsaturated/α-hetero) is 1. The molecule has 1 aromatic carbocycles. The number of hydrogen-bond donors (Lipinski definition) is 1. The van der Waals surface area contributed by atoms with Crippen LogP contribution in [0.25, 0.3) is 0 Å². The Morgan fingerprint density at radius 2 is 1.90 bits per heavy atom. The summed E-state index contributed by atoms with van der Waals surface area (Å²) in [5, 5.41) is 1.86. The van der Waals surface area contributed by atoms with Gasteiger partial charge in [0.2, 0.25) is 0 Å². The molecule has 0 aliphatic carbocycles. The fourth-order valence-corrected chi connectivity index (χ4v) is 2.22. The van der Waals surface area contributed by atoms with Crippen LogP contribution in [0.4, 0.5) is 5.69 Å². The number of carbonyl (C=O) groups excluding carboxylic acids is 1. The summed E-state index contributed by atoms with van der Waals surface area (Å²) >= 11 is 0.